The lowest BCUT2D eigenvalue weighted by atomic mass is 10.0. The zero-order chi connectivity index (χ0) is 45.9. The summed E-state index contributed by atoms with van der Waals surface area (Å²) in [5.41, 5.74) is 11.0. The highest BCUT2D eigenvalue weighted by atomic mass is 16.4. The number of likely N-dealkylation sites (tertiary alicyclic amines) is 1. The summed E-state index contributed by atoms with van der Waals surface area (Å²) in [5.74, 6) is -8.74. The molecule has 8 amide bonds. The number of rotatable bonds is 26. The van der Waals surface area contributed by atoms with Crippen molar-refractivity contribution in [1.29, 1.82) is 0 Å². The molecule has 0 aromatic carbocycles. The highest BCUT2D eigenvalue weighted by Gasteiger charge is 2.39. The van der Waals surface area contributed by atoms with Gasteiger partial charge in [-0.05, 0) is 71.8 Å². The fourth-order valence-corrected chi connectivity index (χ4v) is 5.98. The molecule has 1 rings (SSSR count). The first kappa shape index (κ1) is 53.0. The first-order valence-corrected chi connectivity index (χ1v) is 19.8. The smallest absolute Gasteiger partial charge is 0.326 e. The van der Waals surface area contributed by atoms with E-state index in [4.69, 9.17) is 11.5 Å². The topological polar surface area (TPSA) is 394 Å². The molecule has 0 aromatic heterocycles. The molecule has 24 nitrogen and oxygen atoms in total. The lowest BCUT2D eigenvalue weighted by molar-refractivity contribution is -0.143. The van der Waals surface area contributed by atoms with Crippen molar-refractivity contribution in [3.05, 3.63) is 0 Å². The summed E-state index contributed by atoms with van der Waals surface area (Å²) in [7, 11) is 0. The highest BCUT2D eigenvalue weighted by molar-refractivity contribution is 5.98. The van der Waals surface area contributed by atoms with Crippen LogP contribution < -0.4 is 48.7 Å². The van der Waals surface area contributed by atoms with Gasteiger partial charge in [0.25, 0.3) is 0 Å². The number of carbonyl (C=O) groups excluding carboxylic acids is 8. The van der Waals surface area contributed by atoms with Crippen LogP contribution in [-0.4, -0.2) is 177 Å². The molecule has 10 atom stereocenters. The molecule has 0 saturated carbocycles. The number of nitrogens with two attached hydrogens (primary N) is 2. The van der Waals surface area contributed by atoms with Gasteiger partial charge in [-0.3, -0.25) is 38.4 Å². The summed E-state index contributed by atoms with van der Waals surface area (Å²) < 4.78 is 0. The summed E-state index contributed by atoms with van der Waals surface area (Å²) in [4.78, 5) is 117. The van der Waals surface area contributed by atoms with E-state index in [1.807, 2.05) is 0 Å². The number of aliphatic carboxylic acids is 1. The van der Waals surface area contributed by atoms with E-state index in [0.29, 0.717) is 25.8 Å². The van der Waals surface area contributed by atoms with E-state index in [1.54, 1.807) is 13.8 Å². The zero-order valence-electron chi connectivity index (χ0n) is 34.6. The number of nitrogens with zero attached hydrogens (tertiary/aromatic N) is 1. The van der Waals surface area contributed by atoms with Crippen molar-refractivity contribution in [2.75, 3.05) is 32.8 Å². The Hall–Kier alpha value is -5.01. The number of carboxylic acid groups (broad SMARTS) is 1. The molecule has 0 radical (unpaired) electrons. The Morgan fingerprint density at radius 2 is 1.28 bits per heavy atom. The molecule has 1 aliphatic heterocycles. The average molecular weight is 861 g/mol. The van der Waals surface area contributed by atoms with Gasteiger partial charge in [0.2, 0.25) is 47.3 Å². The fraction of sp³-hybridized carbons (Fsp3) is 0.750. The van der Waals surface area contributed by atoms with Crippen molar-refractivity contribution in [1.82, 2.24) is 42.1 Å². The van der Waals surface area contributed by atoms with Gasteiger partial charge in [0.15, 0.2) is 0 Å². The number of nitrogens with one attached hydrogen (secondary N) is 7. The van der Waals surface area contributed by atoms with Crippen molar-refractivity contribution in [2.24, 2.45) is 17.4 Å². The molecular weight excluding hydrogens is 796 g/mol. The lowest BCUT2D eigenvalue weighted by Gasteiger charge is -2.30. The summed E-state index contributed by atoms with van der Waals surface area (Å²) in [5, 5.41) is 65.1. The third-order valence-electron chi connectivity index (χ3n) is 9.43. The number of aliphatic hydroxyl groups is 4. The maximum absolute atomic E-state index is 13.4. The molecule has 0 aromatic rings. The Labute approximate surface area is 347 Å². The minimum Gasteiger partial charge on any atom is -0.480 e. The molecule has 1 aliphatic rings. The number of hydrogen-bond acceptors (Lipinski definition) is 15. The van der Waals surface area contributed by atoms with Gasteiger partial charge in [-0.15, -0.1) is 0 Å². The first-order chi connectivity index (χ1) is 28.1. The molecule has 60 heavy (non-hydrogen) atoms. The van der Waals surface area contributed by atoms with Crippen LogP contribution in [0.2, 0.25) is 0 Å². The van der Waals surface area contributed by atoms with Crippen LogP contribution in [-0.2, 0) is 43.2 Å². The normalized spacial score (nSPS) is 18.3. The third kappa shape index (κ3) is 17.3. The van der Waals surface area contributed by atoms with Crippen LogP contribution in [0.1, 0.15) is 73.1 Å². The Morgan fingerprint density at radius 1 is 0.700 bits per heavy atom. The molecule has 0 unspecified atom stereocenters. The van der Waals surface area contributed by atoms with Gasteiger partial charge in [-0.1, -0.05) is 13.8 Å². The maximum atomic E-state index is 13.4. The minimum atomic E-state index is -1.63. The SMILES string of the molecule is CC(C)C[C@H](NC(=O)[C@H](CO)NC(=O)[C@@H]1CCCN1C(=O)[C@H](C)NC(=O)[C@@H](NC(=O)[C@@H](N)[C@@H](C)O)[C@@H](C)O)C(=O)N[C@@H](CO)C(=O)NCC(=O)N[C@@H](CCCCN)C(=O)O. The number of carboxylic acids is 1. The Balaban J connectivity index is 2.95. The average Bonchev–Trinajstić information content (AvgIpc) is 3.68. The zero-order valence-corrected chi connectivity index (χ0v) is 34.6. The van der Waals surface area contributed by atoms with E-state index in [0.717, 1.165) is 4.90 Å². The molecule has 0 spiro atoms. The Kier molecular flexibility index (Phi) is 23.2. The van der Waals surface area contributed by atoms with E-state index >= 15 is 0 Å². The molecule has 1 saturated heterocycles. The highest BCUT2D eigenvalue weighted by Crippen LogP contribution is 2.19. The second-order valence-corrected chi connectivity index (χ2v) is 15.1. The fourth-order valence-electron chi connectivity index (χ4n) is 5.98. The largest absolute Gasteiger partial charge is 0.480 e. The van der Waals surface area contributed by atoms with E-state index in [9.17, 15) is 68.7 Å². The number of carbonyl (C=O) groups is 9. The Morgan fingerprint density at radius 3 is 1.82 bits per heavy atom. The molecule has 0 aliphatic carbocycles. The molecule has 1 heterocycles. The summed E-state index contributed by atoms with van der Waals surface area (Å²) in [6.07, 6.45) is -1.14. The van der Waals surface area contributed by atoms with E-state index in [1.165, 1.54) is 20.8 Å². The summed E-state index contributed by atoms with van der Waals surface area (Å²) in [6.45, 7) is 5.07. The standard InChI is InChI=1S/C36H64N10O14/c1-17(2)13-22(30(53)43-23(15-47)29(52)39-14-26(51)41-21(36(59)60)9-6-7-11-37)42-31(54)24(16-48)44-32(55)25-10-8-12-46(25)35(58)18(3)40-34(57)28(20(5)50)45-33(56)27(38)19(4)49/h17-25,27-28,47-50H,6-16,37-38H2,1-5H3,(H,39,52)(H,40,57)(H,41,51)(H,42,54)(H,43,53)(H,44,55)(H,45,56)(H,59,60)/t18-,19+,20+,21-,22-,23-,24-,25-,27-,28-/m0/s1. The van der Waals surface area contributed by atoms with E-state index < -0.39 is 134 Å². The van der Waals surface area contributed by atoms with Crippen LogP contribution in [0.4, 0.5) is 0 Å². The van der Waals surface area contributed by atoms with Crippen LogP contribution in [0.25, 0.3) is 0 Å². The van der Waals surface area contributed by atoms with E-state index in [-0.39, 0.29) is 31.7 Å². The molecular formula is C36H64N10O14. The second kappa shape index (κ2) is 26.3. The number of aliphatic hydroxyl groups excluding tert-OH is 4. The number of unbranched alkanes of at least 4 members (excludes halogenated alkanes) is 1. The monoisotopic (exact) mass is 860 g/mol. The van der Waals surface area contributed by atoms with Gasteiger partial charge >= 0.3 is 5.97 Å². The van der Waals surface area contributed by atoms with Crippen molar-refractivity contribution < 1.29 is 68.7 Å². The van der Waals surface area contributed by atoms with Crippen LogP contribution in [0, 0.1) is 5.92 Å². The lowest BCUT2D eigenvalue weighted by Crippen LogP contribution is -2.61. The van der Waals surface area contributed by atoms with Crippen molar-refractivity contribution in [2.45, 2.75) is 134 Å². The summed E-state index contributed by atoms with van der Waals surface area (Å²) >= 11 is 0. The third-order valence-corrected chi connectivity index (χ3v) is 9.43. The van der Waals surface area contributed by atoms with Gasteiger partial charge in [0, 0.05) is 6.54 Å². The van der Waals surface area contributed by atoms with Crippen LogP contribution >= 0.6 is 0 Å². The second-order valence-electron chi connectivity index (χ2n) is 15.1. The van der Waals surface area contributed by atoms with Crippen molar-refractivity contribution in [3.8, 4) is 0 Å². The first-order valence-electron chi connectivity index (χ1n) is 19.8. The van der Waals surface area contributed by atoms with Gasteiger partial charge in [-0.25, -0.2) is 4.79 Å². The minimum absolute atomic E-state index is 0.00591. The molecule has 0 bridgehead atoms. The Bertz CT molecular complexity index is 1500. The van der Waals surface area contributed by atoms with Crippen molar-refractivity contribution >= 4 is 53.2 Å². The molecule has 24 heteroatoms. The number of amides is 8. The predicted octanol–water partition coefficient (Wildman–Crippen LogP) is -6.64. The molecule has 1 fully saturated rings. The van der Waals surface area contributed by atoms with Crippen LogP contribution in [0.5, 0.6) is 0 Å². The molecule has 342 valence electrons. The van der Waals surface area contributed by atoms with Gasteiger partial charge in [0.05, 0.1) is 32.0 Å². The predicted molar refractivity (Wildman–Crippen MR) is 211 cm³/mol. The maximum Gasteiger partial charge on any atom is 0.326 e. The number of hydrogen-bond donors (Lipinski definition) is 14. The quantitative estimate of drug-likeness (QED) is 0.0360. The van der Waals surface area contributed by atoms with Gasteiger partial charge in [-0.2, -0.15) is 0 Å². The van der Waals surface area contributed by atoms with Gasteiger partial charge < -0.3 is 79.1 Å². The van der Waals surface area contributed by atoms with Gasteiger partial charge in [0.1, 0.15) is 48.3 Å². The molecule has 16 N–H and O–H groups in total. The van der Waals surface area contributed by atoms with Crippen LogP contribution in [0.3, 0.4) is 0 Å². The summed E-state index contributed by atoms with van der Waals surface area (Å²) in [6, 6.07) is -11.2. The van der Waals surface area contributed by atoms with Crippen molar-refractivity contribution in [3.63, 3.8) is 0 Å². The van der Waals surface area contributed by atoms with Crippen LogP contribution in [0.15, 0.2) is 0 Å². The van der Waals surface area contributed by atoms with E-state index in [2.05, 4.69) is 37.2 Å².